The van der Waals surface area contributed by atoms with E-state index in [0.717, 1.165) is 25.3 Å². The molecule has 0 bridgehead atoms. The SMILES string of the molecule is CCCCOc1cccc2c1C(=O)C1=C(O)[C@]3(O)C(=O)C(C(C)=O)=C(O)[C@@H](N(C)C)[C@@H]3C[C@@H]1C2. The molecule has 4 atom stereocenters. The lowest BCUT2D eigenvalue weighted by atomic mass is 9.58. The van der Waals surface area contributed by atoms with Gasteiger partial charge in [-0.2, -0.15) is 0 Å². The number of likely N-dealkylation sites (N-methyl/N-ethyl adjacent to an activating group) is 1. The maximum atomic E-state index is 13.7. The van der Waals surface area contributed by atoms with Gasteiger partial charge in [-0.25, -0.2) is 0 Å². The van der Waals surface area contributed by atoms with E-state index in [2.05, 4.69) is 0 Å². The Bertz CT molecular complexity index is 1130. The fourth-order valence-electron chi connectivity index (χ4n) is 5.72. The molecule has 3 aliphatic carbocycles. The number of hydrogen-bond donors (Lipinski definition) is 3. The molecule has 0 aromatic heterocycles. The molecule has 8 nitrogen and oxygen atoms in total. The second-order valence-electron chi connectivity index (χ2n) is 9.65. The van der Waals surface area contributed by atoms with Crippen LogP contribution in [-0.2, 0) is 16.0 Å². The highest BCUT2D eigenvalue weighted by Gasteiger charge is 2.63. The third-order valence-electron chi connectivity index (χ3n) is 7.30. The van der Waals surface area contributed by atoms with Crippen LogP contribution in [0.2, 0.25) is 0 Å². The van der Waals surface area contributed by atoms with Crippen LogP contribution in [0.5, 0.6) is 5.75 Å². The minimum absolute atomic E-state index is 0.0204. The Morgan fingerprint density at radius 1 is 1.24 bits per heavy atom. The van der Waals surface area contributed by atoms with Gasteiger partial charge in [-0.1, -0.05) is 25.5 Å². The Kier molecular flexibility index (Phi) is 6.16. The van der Waals surface area contributed by atoms with E-state index in [4.69, 9.17) is 4.74 Å². The first-order valence-corrected chi connectivity index (χ1v) is 11.7. The van der Waals surface area contributed by atoms with Crippen molar-refractivity contribution in [2.75, 3.05) is 20.7 Å². The number of unbranched alkanes of at least 4 members (excludes halogenated alkanes) is 1. The zero-order valence-corrected chi connectivity index (χ0v) is 19.9. The van der Waals surface area contributed by atoms with E-state index in [0.29, 0.717) is 24.3 Å². The predicted octanol–water partition coefficient (Wildman–Crippen LogP) is 2.70. The highest BCUT2D eigenvalue weighted by Crippen LogP contribution is 2.52. The molecule has 34 heavy (non-hydrogen) atoms. The van der Waals surface area contributed by atoms with Gasteiger partial charge in [-0.3, -0.25) is 19.3 Å². The number of aliphatic hydroxyl groups excluding tert-OH is 2. The summed E-state index contributed by atoms with van der Waals surface area (Å²) < 4.78 is 5.85. The monoisotopic (exact) mass is 469 g/mol. The van der Waals surface area contributed by atoms with E-state index in [1.807, 2.05) is 19.1 Å². The van der Waals surface area contributed by atoms with Gasteiger partial charge in [0.15, 0.2) is 17.2 Å². The number of hydrogen-bond acceptors (Lipinski definition) is 8. The molecule has 0 radical (unpaired) electrons. The number of ketones is 3. The van der Waals surface area contributed by atoms with Crippen LogP contribution in [0, 0.1) is 11.8 Å². The number of carbonyl (C=O) groups excluding carboxylic acids is 3. The molecule has 4 rings (SSSR count). The van der Waals surface area contributed by atoms with Gasteiger partial charge in [-0.15, -0.1) is 0 Å². The van der Waals surface area contributed by atoms with Crippen LogP contribution in [-0.4, -0.2) is 69.9 Å². The molecular formula is C26H31NO7. The Morgan fingerprint density at radius 2 is 1.94 bits per heavy atom. The molecule has 3 aliphatic rings. The number of benzene rings is 1. The van der Waals surface area contributed by atoms with Crippen LogP contribution in [0.3, 0.4) is 0 Å². The Morgan fingerprint density at radius 3 is 2.56 bits per heavy atom. The van der Waals surface area contributed by atoms with Crippen molar-refractivity contribution in [2.45, 2.75) is 51.2 Å². The largest absolute Gasteiger partial charge is 0.510 e. The normalized spacial score (nSPS) is 28.6. The van der Waals surface area contributed by atoms with Gasteiger partial charge in [0.05, 0.1) is 18.2 Å². The Hall–Kier alpha value is -2.97. The first-order chi connectivity index (χ1) is 16.0. The lowest BCUT2D eigenvalue weighted by Gasteiger charge is -2.50. The van der Waals surface area contributed by atoms with E-state index in [1.54, 1.807) is 25.1 Å². The number of ether oxygens (including phenoxy) is 1. The number of fused-ring (bicyclic) bond motifs is 3. The second-order valence-corrected chi connectivity index (χ2v) is 9.65. The lowest BCUT2D eigenvalue weighted by Crippen LogP contribution is -2.63. The van der Waals surface area contributed by atoms with Crippen molar-refractivity contribution < 1.29 is 34.4 Å². The minimum atomic E-state index is -2.49. The number of nitrogens with zero attached hydrogens (tertiary/aromatic N) is 1. The Balaban J connectivity index is 1.87. The van der Waals surface area contributed by atoms with Gasteiger partial charge in [0.1, 0.15) is 22.8 Å². The third kappa shape index (κ3) is 3.39. The van der Waals surface area contributed by atoms with Crippen LogP contribution < -0.4 is 4.74 Å². The highest BCUT2D eigenvalue weighted by atomic mass is 16.5. The fraction of sp³-hybridized carbons (Fsp3) is 0.500. The van der Waals surface area contributed by atoms with Crippen molar-refractivity contribution in [2.24, 2.45) is 11.8 Å². The maximum absolute atomic E-state index is 13.7. The average molecular weight is 470 g/mol. The molecule has 0 saturated carbocycles. The summed E-state index contributed by atoms with van der Waals surface area (Å²) in [6, 6.07) is 4.48. The van der Waals surface area contributed by atoms with Crippen LogP contribution >= 0.6 is 0 Å². The molecule has 0 heterocycles. The Labute approximate surface area is 198 Å². The molecule has 0 unspecified atom stereocenters. The summed E-state index contributed by atoms with van der Waals surface area (Å²) in [5.74, 6) is -4.41. The van der Waals surface area contributed by atoms with E-state index in [9.17, 15) is 29.7 Å². The molecule has 0 fully saturated rings. The van der Waals surface area contributed by atoms with E-state index in [-0.39, 0.29) is 12.0 Å². The van der Waals surface area contributed by atoms with E-state index >= 15 is 0 Å². The molecule has 1 aromatic carbocycles. The minimum Gasteiger partial charge on any atom is -0.510 e. The van der Waals surface area contributed by atoms with Gasteiger partial charge < -0.3 is 20.1 Å². The van der Waals surface area contributed by atoms with Crippen molar-refractivity contribution in [3.63, 3.8) is 0 Å². The number of carbonyl (C=O) groups is 3. The molecule has 0 spiro atoms. The van der Waals surface area contributed by atoms with Gasteiger partial charge in [0.2, 0.25) is 5.78 Å². The van der Waals surface area contributed by atoms with Crippen LogP contribution in [0.15, 0.2) is 40.9 Å². The summed E-state index contributed by atoms with van der Waals surface area (Å²) in [5, 5.41) is 33.8. The fourth-order valence-corrected chi connectivity index (χ4v) is 5.72. The number of aliphatic hydroxyl groups is 3. The first kappa shape index (κ1) is 24.2. The quantitative estimate of drug-likeness (QED) is 0.429. The standard InChI is InChI=1S/C26H31NO7/c1-5-6-10-34-17-9-7-8-14-11-15-12-16-21(27(3)4)23(30)18(13(2)28)24(31)26(16,33)25(32)20(15)22(29)19(14)17/h7-9,15-16,21,30,32-33H,5-6,10-12H2,1-4H3/t15-,16-,21-,26+/m0/s1. The smallest absolute Gasteiger partial charge is 0.209 e. The summed E-state index contributed by atoms with van der Waals surface area (Å²) in [4.78, 5) is 40.9. The number of rotatable bonds is 6. The molecule has 0 aliphatic heterocycles. The topological polar surface area (TPSA) is 124 Å². The zero-order valence-electron chi connectivity index (χ0n) is 19.9. The summed E-state index contributed by atoms with van der Waals surface area (Å²) in [7, 11) is 3.32. The first-order valence-electron chi connectivity index (χ1n) is 11.7. The predicted molar refractivity (Wildman–Crippen MR) is 124 cm³/mol. The van der Waals surface area contributed by atoms with Crippen molar-refractivity contribution in [3.8, 4) is 5.75 Å². The van der Waals surface area contributed by atoms with Gasteiger partial charge >= 0.3 is 0 Å². The summed E-state index contributed by atoms with van der Waals surface area (Å²) in [6.07, 6.45) is 2.33. The number of allylic oxidation sites excluding steroid dienone is 1. The van der Waals surface area contributed by atoms with E-state index in [1.165, 1.54) is 0 Å². The summed E-state index contributed by atoms with van der Waals surface area (Å²) in [5.41, 5.74) is -1.95. The molecule has 182 valence electrons. The summed E-state index contributed by atoms with van der Waals surface area (Å²) >= 11 is 0. The lowest BCUT2D eigenvalue weighted by molar-refractivity contribution is -0.148. The molecule has 8 heteroatoms. The molecule has 0 saturated heterocycles. The third-order valence-corrected chi connectivity index (χ3v) is 7.30. The molecular weight excluding hydrogens is 438 g/mol. The van der Waals surface area contributed by atoms with Crippen molar-refractivity contribution in [1.82, 2.24) is 4.90 Å². The van der Waals surface area contributed by atoms with Gasteiger partial charge in [0, 0.05) is 11.5 Å². The number of Topliss-reactive ketones (excluding diaryl/α,β-unsaturated/α-hetero) is 3. The second kappa shape index (κ2) is 8.67. The van der Waals surface area contributed by atoms with Crippen molar-refractivity contribution >= 4 is 17.3 Å². The zero-order chi connectivity index (χ0) is 24.9. The summed E-state index contributed by atoms with van der Waals surface area (Å²) in [6.45, 7) is 3.60. The average Bonchev–Trinajstić information content (AvgIpc) is 2.76. The van der Waals surface area contributed by atoms with Gasteiger partial charge in [0.25, 0.3) is 0 Å². The van der Waals surface area contributed by atoms with Crippen molar-refractivity contribution in [3.05, 3.63) is 52.0 Å². The van der Waals surface area contributed by atoms with Crippen LogP contribution in [0.25, 0.3) is 0 Å². The highest BCUT2D eigenvalue weighted by molar-refractivity contribution is 6.25. The van der Waals surface area contributed by atoms with E-state index < -0.39 is 57.9 Å². The maximum Gasteiger partial charge on any atom is 0.209 e. The molecule has 0 amide bonds. The van der Waals surface area contributed by atoms with Gasteiger partial charge in [-0.05, 0) is 57.8 Å². The van der Waals surface area contributed by atoms with Crippen LogP contribution in [0.4, 0.5) is 0 Å². The van der Waals surface area contributed by atoms with Crippen LogP contribution in [0.1, 0.15) is 49.0 Å². The molecule has 3 N–H and O–H groups in total. The van der Waals surface area contributed by atoms with Crippen molar-refractivity contribution in [1.29, 1.82) is 0 Å². The molecule has 1 aromatic rings.